The number of carbonyl (C=O) groups excluding carboxylic acids is 1. The van der Waals surface area contributed by atoms with Crippen LogP contribution in [0.5, 0.6) is 5.75 Å². The SMILES string of the molecule is O=Cc1cc(C#Cc2ccc([N+](=O)[O-])cc2)ccc1O. The zero-order valence-corrected chi connectivity index (χ0v) is 10.2. The highest BCUT2D eigenvalue weighted by Crippen LogP contribution is 2.16. The Labute approximate surface area is 114 Å². The lowest BCUT2D eigenvalue weighted by atomic mass is 10.1. The fourth-order valence-corrected chi connectivity index (χ4v) is 1.54. The fourth-order valence-electron chi connectivity index (χ4n) is 1.54. The number of hydrogen-bond acceptors (Lipinski definition) is 4. The van der Waals surface area contributed by atoms with E-state index in [1.54, 1.807) is 18.2 Å². The largest absolute Gasteiger partial charge is 0.507 e. The smallest absolute Gasteiger partial charge is 0.269 e. The summed E-state index contributed by atoms with van der Waals surface area (Å²) in [5, 5.41) is 19.9. The minimum atomic E-state index is -0.479. The van der Waals surface area contributed by atoms with Gasteiger partial charge in [-0.2, -0.15) is 0 Å². The first kappa shape index (κ1) is 13.3. The summed E-state index contributed by atoms with van der Waals surface area (Å²) in [5.41, 5.74) is 1.36. The van der Waals surface area contributed by atoms with Crippen LogP contribution in [0.25, 0.3) is 0 Å². The third-order valence-electron chi connectivity index (χ3n) is 2.58. The molecular weight excluding hydrogens is 258 g/mol. The van der Waals surface area contributed by atoms with Gasteiger partial charge in [0, 0.05) is 23.3 Å². The lowest BCUT2D eigenvalue weighted by Gasteiger charge is -1.96. The highest BCUT2D eigenvalue weighted by atomic mass is 16.6. The van der Waals surface area contributed by atoms with Crippen LogP contribution in [0.2, 0.25) is 0 Å². The summed E-state index contributed by atoms with van der Waals surface area (Å²) in [7, 11) is 0. The van der Waals surface area contributed by atoms with E-state index in [4.69, 9.17) is 0 Å². The van der Waals surface area contributed by atoms with Crippen molar-refractivity contribution in [1.29, 1.82) is 0 Å². The molecule has 0 saturated heterocycles. The number of non-ortho nitro benzene ring substituents is 1. The molecule has 2 rings (SSSR count). The van der Waals surface area contributed by atoms with Crippen molar-refractivity contribution in [2.45, 2.75) is 0 Å². The van der Waals surface area contributed by atoms with Gasteiger partial charge in [0.1, 0.15) is 5.75 Å². The maximum Gasteiger partial charge on any atom is 0.269 e. The molecule has 0 aromatic heterocycles. The first-order valence-electron chi connectivity index (χ1n) is 5.65. The van der Waals surface area contributed by atoms with Crippen LogP contribution in [0, 0.1) is 22.0 Å². The summed E-state index contributed by atoms with van der Waals surface area (Å²) in [6.07, 6.45) is 0.548. The molecule has 5 nitrogen and oxygen atoms in total. The van der Waals surface area contributed by atoms with Crippen LogP contribution < -0.4 is 0 Å². The van der Waals surface area contributed by atoms with Gasteiger partial charge in [-0.3, -0.25) is 14.9 Å². The topological polar surface area (TPSA) is 80.4 Å². The summed E-state index contributed by atoms with van der Waals surface area (Å²) in [6.45, 7) is 0. The van der Waals surface area contributed by atoms with Crippen molar-refractivity contribution in [3.8, 4) is 17.6 Å². The molecule has 20 heavy (non-hydrogen) atoms. The zero-order valence-electron chi connectivity index (χ0n) is 10.2. The summed E-state index contributed by atoms with van der Waals surface area (Å²) in [6, 6.07) is 10.3. The molecule has 0 amide bonds. The normalized spacial score (nSPS) is 9.40. The average molecular weight is 267 g/mol. The van der Waals surface area contributed by atoms with E-state index in [9.17, 15) is 20.0 Å². The molecule has 0 unspecified atom stereocenters. The number of aromatic hydroxyl groups is 1. The molecule has 0 heterocycles. The van der Waals surface area contributed by atoms with E-state index >= 15 is 0 Å². The molecule has 0 fully saturated rings. The lowest BCUT2D eigenvalue weighted by molar-refractivity contribution is -0.384. The van der Waals surface area contributed by atoms with Gasteiger partial charge in [0.05, 0.1) is 10.5 Å². The van der Waals surface area contributed by atoms with Crippen molar-refractivity contribution in [3.63, 3.8) is 0 Å². The summed E-state index contributed by atoms with van der Waals surface area (Å²) >= 11 is 0. The van der Waals surface area contributed by atoms with Gasteiger partial charge >= 0.3 is 0 Å². The number of carbonyl (C=O) groups is 1. The molecule has 0 atom stereocenters. The van der Waals surface area contributed by atoms with Gasteiger partial charge in [0.2, 0.25) is 0 Å². The molecule has 1 N–H and O–H groups in total. The number of nitro groups is 1. The van der Waals surface area contributed by atoms with E-state index in [-0.39, 0.29) is 17.0 Å². The van der Waals surface area contributed by atoms with Crippen LogP contribution in [-0.4, -0.2) is 16.3 Å². The number of benzene rings is 2. The Hall–Kier alpha value is -3.13. The summed E-state index contributed by atoms with van der Waals surface area (Å²) < 4.78 is 0. The van der Waals surface area contributed by atoms with Crippen molar-refractivity contribution in [2.75, 3.05) is 0 Å². The highest BCUT2D eigenvalue weighted by Gasteiger charge is 2.02. The Bertz CT molecular complexity index is 724. The van der Waals surface area contributed by atoms with Crippen molar-refractivity contribution in [2.24, 2.45) is 0 Å². The second kappa shape index (κ2) is 5.67. The maximum atomic E-state index is 10.7. The summed E-state index contributed by atoms with van der Waals surface area (Å²) in [5.74, 6) is 5.55. The number of hydrogen-bond donors (Lipinski definition) is 1. The predicted molar refractivity (Wildman–Crippen MR) is 72.6 cm³/mol. The molecule has 5 heteroatoms. The van der Waals surface area contributed by atoms with Crippen LogP contribution >= 0.6 is 0 Å². The van der Waals surface area contributed by atoms with Crippen molar-refractivity contribution >= 4 is 12.0 Å². The molecular formula is C15H9NO4. The fraction of sp³-hybridized carbons (Fsp3) is 0. The number of phenolic OH excluding ortho intramolecular Hbond substituents is 1. The number of nitrogens with zero attached hydrogens (tertiary/aromatic N) is 1. The first-order valence-corrected chi connectivity index (χ1v) is 5.65. The average Bonchev–Trinajstić information content (AvgIpc) is 2.46. The van der Waals surface area contributed by atoms with E-state index in [0.29, 0.717) is 17.4 Å². The van der Waals surface area contributed by atoms with Crippen molar-refractivity contribution < 1.29 is 14.8 Å². The van der Waals surface area contributed by atoms with Crippen LogP contribution in [0.15, 0.2) is 42.5 Å². The molecule has 0 saturated carbocycles. The number of nitro benzene ring substituents is 1. The van der Waals surface area contributed by atoms with Gasteiger partial charge in [-0.25, -0.2) is 0 Å². The van der Waals surface area contributed by atoms with Crippen molar-refractivity contribution in [1.82, 2.24) is 0 Å². The number of aldehydes is 1. The molecule has 0 aliphatic carbocycles. The van der Waals surface area contributed by atoms with Crippen LogP contribution in [-0.2, 0) is 0 Å². The molecule has 0 spiro atoms. The third kappa shape index (κ3) is 3.00. The van der Waals surface area contributed by atoms with Gasteiger partial charge in [-0.1, -0.05) is 11.8 Å². The third-order valence-corrected chi connectivity index (χ3v) is 2.58. The van der Waals surface area contributed by atoms with Crippen molar-refractivity contribution in [3.05, 3.63) is 69.3 Å². The van der Waals surface area contributed by atoms with E-state index in [1.807, 2.05) is 0 Å². The Balaban J connectivity index is 2.26. The molecule has 0 radical (unpaired) electrons. The van der Waals surface area contributed by atoms with Gasteiger partial charge < -0.3 is 5.11 Å². The van der Waals surface area contributed by atoms with Crippen LogP contribution in [0.3, 0.4) is 0 Å². The summed E-state index contributed by atoms with van der Waals surface area (Å²) in [4.78, 5) is 20.7. The second-order valence-corrected chi connectivity index (χ2v) is 3.95. The van der Waals surface area contributed by atoms with Crippen LogP contribution in [0.4, 0.5) is 5.69 Å². The van der Waals surface area contributed by atoms with E-state index in [2.05, 4.69) is 11.8 Å². The van der Waals surface area contributed by atoms with Gasteiger partial charge in [-0.05, 0) is 30.3 Å². The molecule has 98 valence electrons. The maximum absolute atomic E-state index is 10.7. The van der Waals surface area contributed by atoms with E-state index in [1.165, 1.54) is 24.3 Å². The quantitative estimate of drug-likeness (QED) is 0.392. The van der Waals surface area contributed by atoms with Gasteiger partial charge in [0.25, 0.3) is 5.69 Å². The van der Waals surface area contributed by atoms with Gasteiger partial charge in [0.15, 0.2) is 6.29 Å². The number of rotatable bonds is 2. The van der Waals surface area contributed by atoms with Crippen LogP contribution in [0.1, 0.15) is 21.5 Å². The molecule has 2 aromatic carbocycles. The highest BCUT2D eigenvalue weighted by molar-refractivity contribution is 5.79. The van der Waals surface area contributed by atoms with E-state index in [0.717, 1.165) is 0 Å². The Morgan fingerprint density at radius 3 is 2.25 bits per heavy atom. The van der Waals surface area contributed by atoms with Gasteiger partial charge in [-0.15, -0.1) is 0 Å². The first-order chi connectivity index (χ1) is 9.60. The molecule has 0 aliphatic rings. The lowest BCUT2D eigenvalue weighted by Crippen LogP contribution is -1.87. The molecule has 0 aliphatic heterocycles. The Morgan fingerprint density at radius 1 is 1.05 bits per heavy atom. The number of phenols is 1. The zero-order chi connectivity index (χ0) is 14.5. The monoisotopic (exact) mass is 267 g/mol. The Kier molecular flexibility index (Phi) is 3.77. The van der Waals surface area contributed by atoms with E-state index < -0.39 is 4.92 Å². The molecule has 0 bridgehead atoms. The minimum Gasteiger partial charge on any atom is -0.507 e. The Morgan fingerprint density at radius 2 is 1.65 bits per heavy atom. The second-order valence-electron chi connectivity index (χ2n) is 3.95. The molecule has 2 aromatic rings. The predicted octanol–water partition coefficient (Wildman–Crippen LogP) is 2.51. The minimum absolute atomic E-state index is 0.00317. The standard InChI is InChI=1S/C15H9NO4/c17-10-13-9-12(5-8-15(13)18)2-1-11-3-6-14(7-4-11)16(19)20/h3-10,18H.